The predicted molar refractivity (Wildman–Crippen MR) is 102 cm³/mol. The van der Waals surface area contributed by atoms with Gasteiger partial charge in [0.25, 0.3) is 0 Å². The number of nitro benzene ring substituents is 1. The average Bonchev–Trinajstić information content (AvgIpc) is 3.09. The van der Waals surface area contributed by atoms with Crippen LogP contribution in [0.25, 0.3) is 21.9 Å². The van der Waals surface area contributed by atoms with E-state index in [9.17, 15) is 10.1 Å². The molecule has 130 valence electrons. The highest BCUT2D eigenvalue weighted by molar-refractivity contribution is 7.99. The van der Waals surface area contributed by atoms with Gasteiger partial charge in [0.05, 0.1) is 27.1 Å². The lowest BCUT2D eigenvalue weighted by Gasteiger charge is -2.10. The van der Waals surface area contributed by atoms with E-state index in [1.54, 1.807) is 12.1 Å². The van der Waals surface area contributed by atoms with Crippen LogP contribution < -0.4 is 0 Å². The second kappa shape index (κ2) is 6.58. The molecule has 0 radical (unpaired) electrons. The first-order valence-corrected chi connectivity index (χ1v) is 9.43. The number of aromatic nitrogens is 4. The number of nitro groups is 1. The third kappa shape index (κ3) is 2.89. The summed E-state index contributed by atoms with van der Waals surface area (Å²) in [7, 11) is 0. The zero-order valence-electron chi connectivity index (χ0n) is 13.9. The molecular weight excluding hydrogens is 370 g/mol. The quantitative estimate of drug-likeness (QED) is 0.283. The molecule has 0 saturated carbocycles. The van der Waals surface area contributed by atoms with E-state index in [-0.39, 0.29) is 11.6 Å². The lowest BCUT2D eigenvalue weighted by molar-refractivity contribution is -0.386. The van der Waals surface area contributed by atoms with Crippen molar-refractivity contribution >= 4 is 51.1 Å². The Labute approximate surface area is 157 Å². The molecule has 0 unspecified atom stereocenters. The van der Waals surface area contributed by atoms with Crippen molar-refractivity contribution < 1.29 is 4.92 Å². The Balaban J connectivity index is 1.91. The lowest BCUT2D eigenvalue weighted by atomic mass is 10.2. The molecule has 26 heavy (non-hydrogen) atoms. The number of rotatable bonds is 4. The lowest BCUT2D eigenvalue weighted by Crippen LogP contribution is -2.00. The summed E-state index contributed by atoms with van der Waals surface area (Å²) in [6, 6.07) is 11.1. The first-order chi connectivity index (χ1) is 12.5. The Hall–Kier alpha value is -2.65. The van der Waals surface area contributed by atoms with Gasteiger partial charge in [-0.2, -0.15) is 8.75 Å². The van der Waals surface area contributed by atoms with Crippen LogP contribution in [0.1, 0.15) is 25.6 Å². The fraction of sp³-hybridized carbons (Fsp3) is 0.176. The van der Waals surface area contributed by atoms with E-state index >= 15 is 0 Å². The molecule has 0 aliphatic carbocycles. The van der Waals surface area contributed by atoms with Crippen LogP contribution in [0.5, 0.6) is 0 Å². The minimum atomic E-state index is -0.404. The van der Waals surface area contributed by atoms with E-state index in [0.29, 0.717) is 26.8 Å². The Morgan fingerprint density at radius 3 is 2.65 bits per heavy atom. The zero-order chi connectivity index (χ0) is 18.3. The number of para-hydroxylation sites is 1. The van der Waals surface area contributed by atoms with Crippen molar-refractivity contribution in [2.75, 3.05) is 0 Å². The molecule has 2 heterocycles. The van der Waals surface area contributed by atoms with E-state index in [2.05, 4.69) is 18.7 Å². The summed E-state index contributed by atoms with van der Waals surface area (Å²) in [5, 5.41) is 13.2. The summed E-state index contributed by atoms with van der Waals surface area (Å²) in [6.45, 7) is 4.04. The Morgan fingerprint density at radius 2 is 1.88 bits per heavy atom. The third-order valence-electron chi connectivity index (χ3n) is 3.86. The van der Waals surface area contributed by atoms with Gasteiger partial charge in [-0.25, -0.2) is 9.97 Å². The fourth-order valence-corrected chi connectivity index (χ4v) is 4.15. The summed E-state index contributed by atoms with van der Waals surface area (Å²) in [6.07, 6.45) is 0. The number of hydrogen-bond acceptors (Lipinski definition) is 8. The van der Waals surface area contributed by atoms with Gasteiger partial charge in [0.2, 0.25) is 0 Å². The van der Waals surface area contributed by atoms with Gasteiger partial charge >= 0.3 is 5.69 Å². The third-order valence-corrected chi connectivity index (χ3v) is 5.45. The van der Waals surface area contributed by atoms with Crippen molar-refractivity contribution in [2.24, 2.45) is 0 Å². The molecule has 0 saturated heterocycles. The molecule has 0 bridgehead atoms. The molecule has 0 aliphatic heterocycles. The van der Waals surface area contributed by atoms with Crippen molar-refractivity contribution in [1.82, 2.24) is 18.7 Å². The van der Waals surface area contributed by atoms with Gasteiger partial charge < -0.3 is 0 Å². The molecule has 2 aromatic carbocycles. The molecule has 2 aromatic heterocycles. The predicted octanol–water partition coefficient (Wildman–Crippen LogP) is 4.82. The topological polar surface area (TPSA) is 94.7 Å². The number of benzene rings is 2. The average molecular weight is 383 g/mol. The highest BCUT2D eigenvalue weighted by Gasteiger charge is 2.23. The van der Waals surface area contributed by atoms with Crippen LogP contribution in [-0.4, -0.2) is 23.6 Å². The minimum Gasteiger partial charge on any atom is -0.258 e. The van der Waals surface area contributed by atoms with Gasteiger partial charge in [0, 0.05) is 11.3 Å². The van der Waals surface area contributed by atoms with Crippen molar-refractivity contribution in [3.05, 3.63) is 52.3 Å². The molecule has 0 spiro atoms. The highest BCUT2D eigenvalue weighted by Crippen LogP contribution is 2.40. The first-order valence-electron chi connectivity index (χ1n) is 7.89. The van der Waals surface area contributed by atoms with E-state index in [1.165, 1.54) is 11.8 Å². The second-order valence-corrected chi connectivity index (χ2v) is 7.52. The van der Waals surface area contributed by atoms with Crippen molar-refractivity contribution in [3.8, 4) is 0 Å². The molecule has 4 aromatic rings. The summed E-state index contributed by atoms with van der Waals surface area (Å²) in [5.74, 6) is 0.865. The van der Waals surface area contributed by atoms with Crippen molar-refractivity contribution in [3.63, 3.8) is 0 Å². The van der Waals surface area contributed by atoms with Gasteiger partial charge in [-0.3, -0.25) is 10.1 Å². The Morgan fingerprint density at radius 1 is 1.08 bits per heavy atom. The minimum absolute atomic E-state index is 0.0324. The molecule has 0 aliphatic rings. The Bertz CT molecular complexity index is 1140. The Kier molecular flexibility index (Phi) is 4.25. The van der Waals surface area contributed by atoms with Crippen LogP contribution in [0, 0.1) is 10.1 Å². The number of nitrogens with zero attached hydrogens (tertiary/aromatic N) is 5. The summed E-state index contributed by atoms with van der Waals surface area (Å²) >= 11 is 2.23. The highest BCUT2D eigenvalue weighted by atomic mass is 32.2. The van der Waals surface area contributed by atoms with Crippen LogP contribution in [0.2, 0.25) is 0 Å². The van der Waals surface area contributed by atoms with E-state index in [1.807, 2.05) is 38.1 Å². The van der Waals surface area contributed by atoms with Gasteiger partial charge in [0.1, 0.15) is 16.4 Å². The summed E-state index contributed by atoms with van der Waals surface area (Å²) in [4.78, 5) is 21.0. The maximum absolute atomic E-state index is 11.7. The molecule has 0 N–H and O–H groups in total. The van der Waals surface area contributed by atoms with Crippen LogP contribution in [0.15, 0.2) is 46.3 Å². The van der Waals surface area contributed by atoms with Crippen molar-refractivity contribution in [1.29, 1.82) is 0 Å². The zero-order valence-corrected chi connectivity index (χ0v) is 15.5. The van der Waals surface area contributed by atoms with Crippen LogP contribution in [-0.2, 0) is 0 Å². The number of fused-ring (bicyclic) bond motifs is 2. The van der Waals surface area contributed by atoms with Crippen LogP contribution >= 0.6 is 23.5 Å². The van der Waals surface area contributed by atoms with Gasteiger partial charge in [-0.05, 0) is 18.2 Å². The van der Waals surface area contributed by atoms with Gasteiger partial charge in [0.15, 0.2) is 5.52 Å². The summed E-state index contributed by atoms with van der Waals surface area (Å²) in [5.41, 5.74) is 1.64. The van der Waals surface area contributed by atoms with Crippen LogP contribution in [0.4, 0.5) is 5.69 Å². The molecule has 0 fully saturated rings. The largest absolute Gasteiger partial charge is 0.312 e. The van der Waals surface area contributed by atoms with Gasteiger partial charge in [-0.15, -0.1) is 0 Å². The maximum atomic E-state index is 11.7. The maximum Gasteiger partial charge on any atom is 0.312 e. The molecule has 9 heteroatoms. The van der Waals surface area contributed by atoms with E-state index < -0.39 is 4.92 Å². The molecule has 0 amide bonds. The van der Waals surface area contributed by atoms with Crippen molar-refractivity contribution in [2.45, 2.75) is 29.7 Å². The number of hydrogen-bond donors (Lipinski definition) is 0. The first kappa shape index (κ1) is 16.8. The molecular formula is C17H13N5O2S2. The van der Waals surface area contributed by atoms with Gasteiger partial charge in [-0.1, -0.05) is 43.8 Å². The van der Waals surface area contributed by atoms with E-state index in [4.69, 9.17) is 0 Å². The SMILES string of the molecule is CC(C)c1nc(Sc2ccc3nsnc3c2[N+](=O)[O-])c2ccccc2n1. The normalized spacial score (nSPS) is 11.5. The second-order valence-electron chi connectivity index (χ2n) is 5.96. The standard InChI is InChI=1S/C17H13N5O2S2/c1-9(2)16-18-11-6-4-3-5-10(11)17(19-16)25-13-8-7-12-14(21-26-20-12)15(13)22(23)24/h3-9H,1-2H3. The molecule has 4 rings (SSSR count). The van der Waals surface area contributed by atoms with E-state index in [0.717, 1.165) is 22.6 Å². The smallest absolute Gasteiger partial charge is 0.258 e. The summed E-state index contributed by atoms with van der Waals surface area (Å²) < 4.78 is 8.18. The molecule has 0 atom stereocenters. The van der Waals surface area contributed by atoms with Crippen LogP contribution in [0.3, 0.4) is 0 Å². The fourth-order valence-electron chi connectivity index (χ4n) is 2.58. The monoisotopic (exact) mass is 383 g/mol. The molecule has 7 nitrogen and oxygen atoms in total.